The van der Waals surface area contributed by atoms with Gasteiger partial charge < -0.3 is 0 Å². The molecule has 1 aromatic heterocycles. The summed E-state index contributed by atoms with van der Waals surface area (Å²) in [5.41, 5.74) is 0.246. The Bertz CT molecular complexity index is 366. The number of aromatic nitrogens is 2. The van der Waals surface area contributed by atoms with Gasteiger partial charge in [-0.1, -0.05) is 0 Å². The number of hydrogen-bond donors (Lipinski definition) is 0. The Labute approximate surface area is 69.1 Å². The van der Waals surface area contributed by atoms with Crippen molar-refractivity contribution in [3.8, 4) is 0 Å². The highest BCUT2D eigenvalue weighted by atomic mass is 16.1. The van der Waals surface area contributed by atoms with Gasteiger partial charge in [-0.25, -0.2) is 4.68 Å². The van der Waals surface area contributed by atoms with Gasteiger partial charge in [-0.15, -0.1) is 0 Å². The van der Waals surface area contributed by atoms with Crippen molar-refractivity contribution in [2.75, 3.05) is 0 Å². The van der Waals surface area contributed by atoms with Crippen LogP contribution in [0.4, 0.5) is 0 Å². The fraction of sp³-hybridized carbons (Fsp3) is 0.125. The molecule has 0 unspecified atom stereocenters. The van der Waals surface area contributed by atoms with Gasteiger partial charge in [0, 0.05) is 18.8 Å². The van der Waals surface area contributed by atoms with E-state index in [9.17, 15) is 9.59 Å². The molecule has 0 aliphatic carbocycles. The molecule has 0 spiro atoms. The van der Waals surface area contributed by atoms with Gasteiger partial charge in [0.05, 0.1) is 0 Å². The topological polar surface area (TPSA) is 52.0 Å². The third-order valence-electron chi connectivity index (χ3n) is 1.39. The minimum atomic E-state index is -0.212. The number of allylic oxidation sites excluding steroid dienone is 1. The van der Waals surface area contributed by atoms with Gasteiger partial charge in [0.2, 0.25) is 0 Å². The molecule has 0 bridgehead atoms. The zero-order chi connectivity index (χ0) is 8.97. The van der Waals surface area contributed by atoms with Crippen molar-refractivity contribution in [1.29, 1.82) is 0 Å². The van der Waals surface area contributed by atoms with Crippen LogP contribution in [-0.2, 0) is 11.8 Å². The zero-order valence-corrected chi connectivity index (χ0v) is 6.60. The maximum absolute atomic E-state index is 11.2. The van der Waals surface area contributed by atoms with E-state index in [2.05, 4.69) is 5.10 Å². The standard InChI is InChI=1S/C8H8N2O2/c1-10-8(12)7(3-2-6-11)4-5-9-10/h2-6H,1H3/b3-2+. The summed E-state index contributed by atoms with van der Waals surface area (Å²) in [6, 6.07) is 1.56. The molecule has 1 rings (SSSR count). The number of hydrogen-bond acceptors (Lipinski definition) is 3. The summed E-state index contributed by atoms with van der Waals surface area (Å²) in [6.07, 6.45) is 4.86. The van der Waals surface area contributed by atoms with Crippen molar-refractivity contribution in [3.05, 3.63) is 34.3 Å². The van der Waals surface area contributed by atoms with E-state index < -0.39 is 0 Å². The Balaban J connectivity index is 3.17. The normalized spacial score (nSPS) is 10.4. The fourth-order valence-corrected chi connectivity index (χ4v) is 0.794. The predicted octanol–water partition coefficient (Wildman–Crippen LogP) is -0.00760. The quantitative estimate of drug-likeness (QED) is 0.456. The van der Waals surface area contributed by atoms with Gasteiger partial charge in [-0.2, -0.15) is 5.10 Å². The van der Waals surface area contributed by atoms with E-state index in [1.807, 2.05) is 0 Å². The van der Waals surface area contributed by atoms with Gasteiger partial charge >= 0.3 is 0 Å². The van der Waals surface area contributed by atoms with Crippen molar-refractivity contribution < 1.29 is 4.79 Å². The molecule has 4 nitrogen and oxygen atoms in total. The molecular weight excluding hydrogens is 156 g/mol. The zero-order valence-electron chi connectivity index (χ0n) is 6.60. The molecule has 0 saturated carbocycles. The van der Waals surface area contributed by atoms with Crippen molar-refractivity contribution in [2.24, 2.45) is 7.05 Å². The maximum Gasteiger partial charge on any atom is 0.273 e. The van der Waals surface area contributed by atoms with E-state index in [1.165, 1.54) is 23.0 Å². The molecule has 0 atom stereocenters. The molecule has 0 fully saturated rings. The summed E-state index contributed by atoms with van der Waals surface area (Å²) >= 11 is 0. The van der Waals surface area contributed by atoms with Crippen LogP contribution in [-0.4, -0.2) is 16.1 Å². The first-order valence-corrected chi connectivity index (χ1v) is 3.40. The molecule has 0 saturated heterocycles. The lowest BCUT2D eigenvalue weighted by Crippen LogP contribution is -2.20. The lowest BCUT2D eigenvalue weighted by Gasteiger charge is -1.94. The molecule has 0 aromatic carbocycles. The highest BCUT2D eigenvalue weighted by Crippen LogP contribution is 1.90. The van der Waals surface area contributed by atoms with Crippen molar-refractivity contribution >= 4 is 12.4 Å². The number of carbonyl (C=O) groups excluding carboxylic acids is 1. The monoisotopic (exact) mass is 164 g/mol. The number of carbonyl (C=O) groups is 1. The summed E-state index contributed by atoms with van der Waals surface area (Å²) < 4.78 is 1.21. The van der Waals surface area contributed by atoms with Gasteiger partial charge in [-0.05, 0) is 18.2 Å². The highest BCUT2D eigenvalue weighted by Gasteiger charge is 1.95. The summed E-state index contributed by atoms with van der Waals surface area (Å²) in [5.74, 6) is 0. The Kier molecular flexibility index (Phi) is 2.53. The van der Waals surface area contributed by atoms with Crippen LogP contribution in [0, 0.1) is 0 Å². The first-order valence-electron chi connectivity index (χ1n) is 3.40. The molecule has 12 heavy (non-hydrogen) atoms. The van der Waals surface area contributed by atoms with Crippen molar-refractivity contribution in [1.82, 2.24) is 9.78 Å². The van der Waals surface area contributed by atoms with Crippen LogP contribution in [0.15, 0.2) is 23.1 Å². The van der Waals surface area contributed by atoms with E-state index in [-0.39, 0.29) is 5.56 Å². The first-order chi connectivity index (χ1) is 5.75. The number of nitrogens with zero attached hydrogens (tertiary/aromatic N) is 2. The van der Waals surface area contributed by atoms with E-state index in [0.29, 0.717) is 11.8 Å². The number of aldehydes is 1. The predicted molar refractivity (Wildman–Crippen MR) is 44.6 cm³/mol. The molecule has 0 N–H and O–H groups in total. The second kappa shape index (κ2) is 3.61. The minimum Gasteiger partial charge on any atom is -0.299 e. The molecule has 4 heteroatoms. The van der Waals surface area contributed by atoms with E-state index >= 15 is 0 Å². The van der Waals surface area contributed by atoms with Gasteiger partial charge in [-0.3, -0.25) is 9.59 Å². The molecule has 1 heterocycles. The lowest BCUT2D eigenvalue weighted by atomic mass is 10.3. The van der Waals surface area contributed by atoms with Crippen LogP contribution in [0.1, 0.15) is 5.56 Å². The molecular formula is C8H8N2O2. The molecule has 62 valence electrons. The van der Waals surface area contributed by atoms with Gasteiger partial charge in [0.1, 0.15) is 6.29 Å². The SMILES string of the molecule is Cn1nccc(/C=C/C=O)c1=O. The average Bonchev–Trinajstić information content (AvgIpc) is 2.08. The third kappa shape index (κ3) is 1.66. The van der Waals surface area contributed by atoms with Crippen LogP contribution in [0.2, 0.25) is 0 Å². The lowest BCUT2D eigenvalue weighted by molar-refractivity contribution is -0.104. The Morgan fingerprint density at radius 1 is 1.58 bits per heavy atom. The van der Waals surface area contributed by atoms with Crippen LogP contribution >= 0.6 is 0 Å². The van der Waals surface area contributed by atoms with Crippen LogP contribution in [0.25, 0.3) is 6.08 Å². The third-order valence-corrected chi connectivity index (χ3v) is 1.39. The van der Waals surface area contributed by atoms with Gasteiger partial charge in [0.15, 0.2) is 0 Å². The van der Waals surface area contributed by atoms with Crippen LogP contribution in [0.5, 0.6) is 0 Å². The average molecular weight is 164 g/mol. The van der Waals surface area contributed by atoms with E-state index in [4.69, 9.17) is 0 Å². The summed E-state index contributed by atoms with van der Waals surface area (Å²) in [5, 5.41) is 3.73. The molecule has 1 aromatic rings. The second-order valence-corrected chi connectivity index (χ2v) is 2.21. The van der Waals surface area contributed by atoms with E-state index in [0.717, 1.165) is 0 Å². The Morgan fingerprint density at radius 3 is 3.00 bits per heavy atom. The molecule has 0 radical (unpaired) electrons. The van der Waals surface area contributed by atoms with Gasteiger partial charge in [0.25, 0.3) is 5.56 Å². The highest BCUT2D eigenvalue weighted by molar-refractivity contribution is 5.73. The Hall–Kier alpha value is -1.71. The second-order valence-electron chi connectivity index (χ2n) is 2.21. The van der Waals surface area contributed by atoms with Crippen LogP contribution in [0.3, 0.4) is 0 Å². The van der Waals surface area contributed by atoms with Crippen molar-refractivity contribution in [3.63, 3.8) is 0 Å². The fourth-order valence-electron chi connectivity index (χ4n) is 0.794. The number of aryl methyl sites for hydroxylation is 1. The van der Waals surface area contributed by atoms with Crippen LogP contribution < -0.4 is 5.56 Å². The van der Waals surface area contributed by atoms with Crippen molar-refractivity contribution in [2.45, 2.75) is 0 Å². The first kappa shape index (κ1) is 8.39. The molecule has 0 amide bonds. The maximum atomic E-state index is 11.2. The molecule has 0 aliphatic rings. The number of rotatable bonds is 2. The molecule has 0 aliphatic heterocycles. The smallest absolute Gasteiger partial charge is 0.273 e. The van der Waals surface area contributed by atoms with E-state index in [1.54, 1.807) is 13.1 Å². The summed E-state index contributed by atoms with van der Waals surface area (Å²) in [6.45, 7) is 0. The Morgan fingerprint density at radius 2 is 2.33 bits per heavy atom. The minimum absolute atomic E-state index is 0.212. The largest absolute Gasteiger partial charge is 0.299 e. The summed E-state index contributed by atoms with van der Waals surface area (Å²) in [4.78, 5) is 21.2. The summed E-state index contributed by atoms with van der Waals surface area (Å²) in [7, 11) is 1.56.